The summed E-state index contributed by atoms with van der Waals surface area (Å²) in [7, 11) is 1.91. The van der Waals surface area contributed by atoms with Gasteiger partial charge in [-0.15, -0.1) is 0 Å². The minimum Gasteiger partial charge on any atom is -0.330 e. The van der Waals surface area contributed by atoms with Crippen LogP contribution < -0.4 is 0 Å². The summed E-state index contributed by atoms with van der Waals surface area (Å²) in [6.07, 6.45) is 3.17. The first-order valence-electron chi connectivity index (χ1n) is 10.2. The molecule has 6 heteroatoms. The first-order chi connectivity index (χ1) is 14.7. The van der Waals surface area contributed by atoms with E-state index in [0.29, 0.717) is 11.2 Å². The number of pyridine rings is 2. The number of rotatable bonds is 4. The number of aryl methyl sites for hydroxylation is 1. The first kappa shape index (κ1) is 13.2. The highest BCUT2D eigenvalue weighted by molar-refractivity contribution is 6.30. The molecule has 0 aliphatic rings. The van der Waals surface area contributed by atoms with Gasteiger partial charge in [-0.2, -0.15) is 0 Å². The number of hydrogen-bond acceptors (Lipinski definition) is 4. The standard InChI is InChI=1S/C21H17ClN4O/c1-13-23-12-20(26(13)2)18-8-5-15-11-24-17(9-19(15)25-18)10-21(27)14-3-6-16(22)7-4-14/h3-9,11-12H,10H2,1-2H3/i3D,4D,6D,7D. The van der Waals surface area contributed by atoms with Gasteiger partial charge in [-0.25, -0.2) is 9.97 Å². The Kier molecular flexibility index (Phi) is 3.38. The second kappa shape index (κ2) is 6.93. The van der Waals surface area contributed by atoms with Crippen LogP contribution in [-0.4, -0.2) is 25.3 Å². The van der Waals surface area contributed by atoms with E-state index in [1.165, 1.54) is 0 Å². The van der Waals surface area contributed by atoms with E-state index in [2.05, 4.69) is 15.0 Å². The molecular weight excluding hydrogens is 360 g/mol. The molecule has 0 N–H and O–H groups in total. The van der Waals surface area contributed by atoms with Crippen molar-refractivity contribution in [3.8, 4) is 11.4 Å². The van der Waals surface area contributed by atoms with E-state index in [1.807, 2.05) is 30.7 Å². The predicted octanol–water partition coefficient (Wildman–Crippen LogP) is 4.42. The summed E-state index contributed by atoms with van der Waals surface area (Å²) in [6, 6.07) is 3.67. The van der Waals surface area contributed by atoms with Crippen LogP contribution in [0.3, 0.4) is 0 Å². The predicted molar refractivity (Wildman–Crippen MR) is 106 cm³/mol. The number of ketones is 1. The summed E-state index contributed by atoms with van der Waals surface area (Å²) >= 11 is 5.82. The van der Waals surface area contributed by atoms with Gasteiger partial charge in [0.25, 0.3) is 0 Å². The average Bonchev–Trinajstić information content (AvgIpc) is 3.09. The minimum absolute atomic E-state index is 0.190. The van der Waals surface area contributed by atoms with Crippen molar-refractivity contribution >= 4 is 28.3 Å². The van der Waals surface area contributed by atoms with E-state index < -0.39 is 30.0 Å². The van der Waals surface area contributed by atoms with Crippen LogP contribution in [0.4, 0.5) is 0 Å². The molecule has 0 saturated carbocycles. The maximum absolute atomic E-state index is 12.8. The molecule has 0 unspecified atom stereocenters. The monoisotopic (exact) mass is 380 g/mol. The lowest BCUT2D eigenvalue weighted by Crippen LogP contribution is -2.05. The third-order valence-electron chi connectivity index (χ3n) is 4.33. The summed E-state index contributed by atoms with van der Waals surface area (Å²) < 4.78 is 33.6. The van der Waals surface area contributed by atoms with Gasteiger partial charge in [-0.1, -0.05) is 11.6 Å². The Morgan fingerprint density at radius 1 is 1.19 bits per heavy atom. The lowest BCUT2D eigenvalue weighted by atomic mass is 10.1. The second-order valence-electron chi connectivity index (χ2n) is 6.10. The van der Waals surface area contributed by atoms with Crippen LogP contribution in [0.5, 0.6) is 0 Å². The minimum atomic E-state index is -0.570. The highest BCUT2D eigenvalue weighted by Gasteiger charge is 2.11. The molecule has 3 aromatic heterocycles. The number of benzene rings is 1. The SMILES string of the molecule is [2H]c1c([2H])c(C(=O)Cc2cc3nc(-c4cnc(C)n4C)ccc3cn2)c([2H])c([2H])c1Cl. The number of Topliss-reactive ketones (excluding diaryl/α,β-unsaturated/α-hetero) is 1. The highest BCUT2D eigenvalue weighted by atomic mass is 35.5. The molecule has 0 atom stereocenters. The molecule has 0 aliphatic heterocycles. The molecule has 3 heterocycles. The third kappa shape index (κ3) is 3.46. The van der Waals surface area contributed by atoms with Gasteiger partial charge in [-0.05, 0) is 49.3 Å². The van der Waals surface area contributed by atoms with Crippen molar-refractivity contribution in [2.45, 2.75) is 13.3 Å². The number of fused-ring (bicyclic) bond motifs is 1. The Bertz CT molecular complexity index is 1340. The smallest absolute Gasteiger partial charge is 0.168 e. The highest BCUT2D eigenvalue weighted by Crippen LogP contribution is 2.22. The van der Waals surface area contributed by atoms with Crippen molar-refractivity contribution in [3.05, 3.63) is 76.9 Å². The molecule has 134 valence electrons. The molecule has 0 fully saturated rings. The molecule has 0 spiro atoms. The van der Waals surface area contributed by atoms with Crippen LogP contribution in [0.25, 0.3) is 22.3 Å². The molecule has 5 nitrogen and oxygen atoms in total. The van der Waals surface area contributed by atoms with Gasteiger partial charge in [0.1, 0.15) is 5.82 Å². The maximum Gasteiger partial charge on any atom is 0.168 e. The summed E-state index contributed by atoms with van der Waals surface area (Å²) in [6.45, 7) is 1.90. The number of aromatic nitrogens is 4. The van der Waals surface area contributed by atoms with Crippen LogP contribution in [0.1, 0.15) is 27.4 Å². The van der Waals surface area contributed by atoms with Crippen molar-refractivity contribution in [2.75, 3.05) is 0 Å². The molecule has 0 radical (unpaired) electrons. The van der Waals surface area contributed by atoms with Crippen LogP contribution in [0, 0.1) is 6.92 Å². The van der Waals surface area contributed by atoms with E-state index >= 15 is 0 Å². The summed E-state index contributed by atoms with van der Waals surface area (Å²) in [5.74, 6) is 0.291. The number of carbonyl (C=O) groups excluding carboxylic acids is 1. The Morgan fingerprint density at radius 2 is 1.96 bits per heavy atom. The largest absolute Gasteiger partial charge is 0.330 e. The first-order valence-corrected chi connectivity index (χ1v) is 8.60. The second-order valence-corrected chi connectivity index (χ2v) is 6.48. The molecule has 4 aromatic rings. The number of hydrogen-bond donors (Lipinski definition) is 0. The number of carbonyl (C=O) groups is 1. The fourth-order valence-corrected chi connectivity index (χ4v) is 2.82. The number of imidazole rings is 1. The van der Waals surface area contributed by atoms with E-state index in [1.54, 1.807) is 18.5 Å². The van der Waals surface area contributed by atoms with Gasteiger partial charge in [0, 0.05) is 29.2 Å². The summed E-state index contributed by atoms with van der Waals surface area (Å²) in [5, 5.41) is 0.493. The molecule has 0 amide bonds. The van der Waals surface area contributed by atoms with Crippen molar-refractivity contribution in [2.24, 2.45) is 7.05 Å². The third-order valence-corrected chi connectivity index (χ3v) is 4.52. The topological polar surface area (TPSA) is 60.7 Å². The Hall–Kier alpha value is -3.05. The lowest BCUT2D eigenvalue weighted by molar-refractivity contribution is 0.0992. The normalized spacial score (nSPS) is 13.1. The van der Waals surface area contributed by atoms with Crippen molar-refractivity contribution < 1.29 is 10.3 Å². The van der Waals surface area contributed by atoms with E-state index in [-0.39, 0.29) is 17.0 Å². The Balaban J connectivity index is 1.71. The van der Waals surface area contributed by atoms with Crippen LogP contribution >= 0.6 is 11.6 Å². The van der Waals surface area contributed by atoms with Crippen molar-refractivity contribution in [1.29, 1.82) is 0 Å². The zero-order valence-electron chi connectivity index (χ0n) is 18.7. The van der Waals surface area contributed by atoms with Crippen LogP contribution in [0.15, 0.2) is 54.8 Å². The summed E-state index contributed by atoms with van der Waals surface area (Å²) in [5.41, 5.74) is 2.35. The fourth-order valence-electron chi connectivity index (χ4n) is 2.73. The summed E-state index contributed by atoms with van der Waals surface area (Å²) in [4.78, 5) is 26.1. The maximum atomic E-state index is 12.8. The van der Waals surface area contributed by atoms with Gasteiger partial charge in [0.05, 0.1) is 40.7 Å². The lowest BCUT2D eigenvalue weighted by Gasteiger charge is -2.06. The molecule has 4 rings (SSSR count). The molecular formula is C21H17ClN4O. The van der Waals surface area contributed by atoms with Gasteiger partial charge in [-0.3, -0.25) is 9.78 Å². The van der Waals surface area contributed by atoms with E-state index in [4.69, 9.17) is 17.1 Å². The van der Waals surface area contributed by atoms with Crippen molar-refractivity contribution in [1.82, 2.24) is 19.5 Å². The molecule has 0 aliphatic carbocycles. The van der Waals surface area contributed by atoms with Crippen LogP contribution in [0.2, 0.25) is 5.02 Å². The quantitative estimate of drug-likeness (QED) is 0.492. The number of halogens is 1. The van der Waals surface area contributed by atoms with Gasteiger partial charge >= 0.3 is 0 Å². The average molecular weight is 381 g/mol. The molecule has 1 aromatic carbocycles. The molecule has 0 bridgehead atoms. The zero-order chi connectivity index (χ0) is 22.4. The van der Waals surface area contributed by atoms with Crippen LogP contribution in [-0.2, 0) is 13.5 Å². The van der Waals surface area contributed by atoms with Gasteiger partial charge in [0.2, 0.25) is 0 Å². The zero-order valence-corrected chi connectivity index (χ0v) is 15.4. The number of nitrogens with zero attached hydrogens (tertiary/aromatic N) is 4. The Morgan fingerprint density at radius 3 is 2.67 bits per heavy atom. The van der Waals surface area contributed by atoms with E-state index in [9.17, 15) is 4.79 Å². The molecule has 0 saturated heterocycles. The van der Waals surface area contributed by atoms with E-state index in [0.717, 1.165) is 22.6 Å². The Labute approximate surface area is 167 Å². The molecule has 27 heavy (non-hydrogen) atoms. The van der Waals surface area contributed by atoms with Gasteiger partial charge < -0.3 is 4.57 Å². The van der Waals surface area contributed by atoms with Crippen molar-refractivity contribution in [3.63, 3.8) is 0 Å². The van der Waals surface area contributed by atoms with Gasteiger partial charge in [0.15, 0.2) is 5.78 Å². The fraction of sp³-hybridized carbons (Fsp3) is 0.143.